The molecule has 0 atom stereocenters. The summed E-state index contributed by atoms with van der Waals surface area (Å²) in [5, 5.41) is 3.83. The minimum Gasteiger partial charge on any atom is -0.352 e. The quantitative estimate of drug-likeness (QED) is 0.695. The van der Waals surface area contributed by atoms with Crippen molar-refractivity contribution in [3.05, 3.63) is 87.2 Å². The standard InChI is InChI=1S/C22H22N2O2/c1-15-8-10-18-14-19(22(26)24-21(18)16(15)2)12-13-23-20(25)11-9-17-6-4-3-5-7-17/h3-11,14H,12-13H2,1-2H3,(H,23,25)(H,24,26)/b11-9-. The average molecular weight is 346 g/mol. The number of carbonyl (C=O) groups excluding carboxylic acids is 1. The smallest absolute Gasteiger partial charge is 0.251 e. The lowest BCUT2D eigenvalue weighted by molar-refractivity contribution is -0.116. The molecule has 26 heavy (non-hydrogen) atoms. The van der Waals surface area contributed by atoms with Gasteiger partial charge in [-0.3, -0.25) is 9.59 Å². The normalized spacial score (nSPS) is 11.2. The van der Waals surface area contributed by atoms with Gasteiger partial charge in [-0.1, -0.05) is 42.5 Å². The van der Waals surface area contributed by atoms with Gasteiger partial charge in [0.2, 0.25) is 5.91 Å². The maximum atomic E-state index is 12.3. The lowest BCUT2D eigenvalue weighted by Crippen LogP contribution is -2.25. The Morgan fingerprint density at radius 2 is 1.88 bits per heavy atom. The van der Waals surface area contributed by atoms with Crippen LogP contribution in [-0.2, 0) is 11.2 Å². The highest BCUT2D eigenvalue weighted by atomic mass is 16.1. The first-order chi connectivity index (χ1) is 12.5. The Hall–Kier alpha value is -3.14. The number of aromatic nitrogens is 1. The fraction of sp³-hybridized carbons (Fsp3) is 0.182. The Bertz CT molecular complexity index is 1020. The molecule has 2 N–H and O–H groups in total. The Morgan fingerprint density at radius 3 is 2.65 bits per heavy atom. The molecule has 0 aliphatic rings. The van der Waals surface area contributed by atoms with E-state index in [1.807, 2.05) is 56.3 Å². The van der Waals surface area contributed by atoms with Crippen LogP contribution in [0, 0.1) is 13.8 Å². The molecule has 132 valence electrons. The van der Waals surface area contributed by atoms with Crippen LogP contribution in [0.5, 0.6) is 0 Å². The van der Waals surface area contributed by atoms with Crippen molar-refractivity contribution < 1.29 is 4.79 Å². The predicted octanol–water partition coefficient (Wildman–Crippen LogP) is 3.52. The molecule has 1 aromatic heterocycles. The highest BCUT2D eigenvalue weighted by Crippen LogP contribution is 2.18. The van der Waals surface area contributed by atoms with E-state index in [0.717, 1.165) is 27.6 Å². The summed E-state index contributed by atoms with van der Waals surface area (Å²) in [7, 11) is 0. The van der Waals surface area contributed by atoms with Crippen LogP contribution < -0.4 is 10.9 Å². The van der Waals surface area contributed by atoms with Gasteiger partial charge in [0.15, 0.2) is 0 Å². The molecule has 3 aromatic rings. The highest BCUT2D eigenvalue weighted by Gasteiger charge is 2.06. The fourth-order valence-electron chi connectivity index (χ4n) is 2.87. The molecule has 0 bridgehead atoms. The summed E-state index contributed by atoms with van der Waals surface area (Å²) < 4.78 is 0. The van der Waals surface area contributed by atoms with E-state index in [1.54, 1.807) is 6.08 Å². The second-order valence-corrected chi connectivity index (χ2v) is 6.38. The molecule has 4 heteroatoms. The summed E-state index contributed by atoms with van der Waals surface area (Å²) in [6.45, 7) is 4.45. The predicted molar refractivity (Wildman–Crippen MR) is 106 cm³/mol. The molecule has 3 rings (SSSR count). The minimum atomic E-state index is -0.169. The number of carbonyl (C=O) groups is 1. The Balaban J connectivity index is 1.64. The van der Waals surface area contributed by atoms with Gasteiger partial charge < -0.3 is 10.3 Å². The van der Waals surface area contributed by atoms with E-state index in [0.29, 0.717) is 18.5 Å². The Kier molecular flexibility index (Phi) is 5.32. The van der Waals surface area contributed by atoms with E-state index >= 15 is 0 Å². The van der Waals surface area contributed by atoms with Crippen molar-refractivity contribution in [3.8, 4) is 0 Å². The average Bonchev–Trinajstić information content (AvgIpc) is 2.65. The number of benzene rings is 2. The highest BCUT2D eigenvalue weighted by molar-refractivity contribution is 5.91. The van der Waals surface area contributed by atoms with E-state index in [9.17, 15) is 9.59 Å². The van der Waals surface area contributed by atoms with Crippen LogP contribution in [-0.4, -0.2) is 17.4 Å². The second-order valence-electron chi connectivity index (χ2n) is 6.38. The van der Waals surface area contributed by atoms with Crippen LogP contribution in [0.1, 0.15) is 22.3 Å². The third-order valence-electron chi connectivity index (χ3n) is 4.55. The van der Waals surface area contributed by atoms with Crippen LogP contribution in [0.25, 0.3) is 17.0 Å². The van der Waals surface area contributed by atoms with Gasteiger partial charge in [-0.2, -0.15) is 0 Å². The molecule has 0 spiro atoms. The van der Waals surface area contributed by atoms with Gasteiger partial charge >= 0.3 is 0 Å². The van der Waals surface area contributed by atoms with Gasteiger partial charge in [-0.15, -0.1) is 0 Å². The van der Waals surface area contributed by atoms with Crippen molar-refractivity contribution in [2.45, 2.75) is 20.3 Å². The summed E-state index contributed by atoms with van der Waals surface area (Å²) in [5.74, 6) is -0.169. The van der Waals surface area contributed by atoms with Gasteiger partial charge in [0.25, 0.3) is 5.56 Å². The van der Waals surface area contributed by atoms with Crippen molar-refractivity contribution in [3.63, 3.8) is 0 Å². The zero-order chi connectivity index (χ0) is 18.5. The van der Waals surface area contributed by atoms with Crippen LogP contribution in [0.2, 0.25) is 0 Å². The molecule has 1 amide bonds. The van der Waals surface area contributed by atoms with Crippen molar-refractivity contribution in [1.82, 2.24) is 10.3 Å². The number of nitrogens with one attached hydrogen (secondary N) is 2. The number of pyridine rings is 1. The molecule has 1 heterocycles. The monoisotopic (exact) mass is 346 g/mol. The molecular weight excluding hydrogens is 324 g/mol. The topological polar surface area (TPSA) is 62.0 Å². The summed E-state index contributed by atoms with van der Waals surface area (Å²) in [5.41, 5.74) is 4.67. The van der Waals surface area contributed by atoms with Crippen molar-refractivity contribution in [2.24, 2.45) is 0 Å². The van der Waals surface area contributed by atoms with Gasteiger partial charge in [0, 0.05) is 18.2 Å². The van der Waals surface area contributed by atoms with Gasteiger partial charge in [0.05, 0.1) is 5.52 Å². The second kappa shape index (κ2) is 7.83. The van der Waals surface area contributed by atoms with Crippen LogP contribution >= 0.6 is 0 Å². The zero-order valence-electron chi connectivity index (χ0n) is 15.0. The third-order valence-corrected chi connectivity index (χ3v) is 4.55. The number of rotatable bonds is 5. The first-order valence-corrected chi connectivity index (χ1v) is 8.67. The van der Waals surface area contributed by atoms with Crippen LogP contribution in [0.15, 0.2) is 59.4 Å². The van der Waals surface area contributed by atoms with Crippen LogP contribution in [0.3, 0.4) is 0 Å². The number of fused-ring (bicyclic) bond motifs is 1. The first-order valence-electron chi connectivity index (χ1n) is 8.67. The Morgan fingerprint density at radius 1 is 1.12 bits per heavy atom. The SMILES string of the molecule is Cc1ccc2cc(CCNC(=O)/C=C\c3ccccc3)c(=O)[nH]c2c1C. The van der Waals surface area contributed by atoms with E-state index in [-0.39, 0.29) is 11.5 Å². The maximum absolute atomic E-state index is 12.3. The summed E-state index contributed by atoms with van der Waals surface area (Å²) in [6.07, 6.45) is 3.76. The number of amides is 1. The Labute approximate surface area is 152 Å². The lowest BCUT2D eigenvalue weighted by atomic mass is 10.0. The number of H-pyrrole nitrogens is 1. The lowest BCUT2D eigenvalue weighted by Gasteiger charge is -2.08. The van der Waals surface area contributed by atoms with Gasteiger partial charge in [-0.05, 0) is 54.5 Å². The summed E-state index contributed by atoms with van der Waals surface area (Å²) in [4.78, 5) is 27.2. The summed E-state index contributed by atoms with van der Waals surface area (Å²) >= 11 is 0. The minimum absolute atomic E-state index is 0.0970. The van der Waals surface area contributed by atoms with Gasteiger partial charge in [0.1, 0.15) is 0 Å². The number of hydrogen-bond acceptors (Lipinski definition) is 2. The molecule has 0 saturated carbocycles. The molecule has 0 aliphatic heterocycles. The first kappa shape index (κ1) is 17.7. The third kappa shape index (κ3) is 4.09. The van der Waals surface area contributed by atoms with Gasteiger partial charge in [-0.25, -0.2) is 0 Å². The number of hydrogen-bond donors (Lipinski definition) is 2. The molecule has 0 radical (unpaired) electrons. The van der Waals surface area contributed by atoms with Crippen molar-refractivity contribution >= 4 is 22.9 Å². The molecule has 0 fully saturated rings. The molecule has 2 aromatic carbocycles. The van der Waals surface area contributed by atoms with Crippen LogP contribution in [0.4, 0.5) is 0 Å². The molecule has 0 unspecified atom stereocenters. The fourth-order valence-corrected chi connectivity index (χ4v) is 2.87. The summed E-state index contributed by atoms with van der Waals surface area (Å²) in [6, 6.07) is 15.6. The largest absolute Gasteiger partial charge is 0.352 e. The molecule has 0 saturated heterocycles. The van der Waals surface area contributed by atoms with Crippen molar-refractivity contribution in [1.29, 1.82) is 0 Å². The van der Waals surface area contributed by atoms with Crippen molar-refractivity contribution in [2.75, 3.05) is 6.54 Å². The molecule has 0 aliphatic carbocycles. The van der Waals surface area contributed by atoms with E-state index in [4.69, 9.17) is 0 Å². The number of aryl methyl sites for hydroxylation is 2. The number of aromatic amines is 1. The molecule has 4 nitrogen and oxygen atoms in total. The van der Waals surface area contributed by atoms with E-state index in [2.05, 4.69) is 16.4 Å². The van der Waals surface area contributed by atoms with E-state index in [1.165, 1.54) is 6.08 Å². The maximum Gasteiger partial charge on any atom is 0.251 e. The van der Waals surface area contributed by atoms with E-state index < -0.39 is 0 Å². The zero-order valence-corrected chi connectivity index (χ0v) is 15.0. The molecular formula is C22H22N2O2.